The minimum absolute atomic E-state index is 0. The fraction of sp³-hybridized carbons (Fsp3) is 0.765. The van der Waals surface area contributed by atoms with Gasteiger partial charge in [-0.1, -0.05) is 11.6 Å². The molecule has 24 heavy (non-hydrogen) atoms. The van der Waals surface area contributed by atoms with E-state index in [0.717, 1.165) is 42.2 Å². The molecule has 2 N–H and O–H groups in total. The molecule has 2 atom stereocenters. The summed E-state index contributed by atoms with van der Waals surface area (Å²) in [6.07, 6.45) is 8.22. The summed E-state index contributed by atoms with van der Waals surface area (Å²) in [5, 5.41) is 11.8. The topological polar surface area (TPSA) is 62.5 Å². The maximum absolute atomic E-state index is 5.21. The summed E-state index contributed by atoms with van der Waals surface area (Å²) in [6.45, 7) is 7.69. The van der Waals surface area contributed by atoms with E-state index >= 15 is 0 Å². The highest BCUT2D eigenvalue weighted by Crippen LogP contribution is 2.26. The Hall–Kier alpha value is -0.440. The van der Waals surface area contributed by atoms with E-state index < -0.39 is 0 Å². The molecule has 1 aliphatic rings. The number of nitrogens with one attached hydrogen (secondary N) is 2. The van der Waals surface area contributed by atoms with Crippen molar-refractivity contribution in [2.24, 2.45) is 4.99 Å². The Morgan fingerprint density at radius 3 is 2.79 bits per heavy atom. The van der Waals surface area contributed by atoms with Gasteiger partial charge in [0.05, 0.1) is 5.69 Å². The molecule has 1 fully saturated rings. The normalized spacial score (nSPS) is 21.2. The summed E-state index contributed by atoms with van der Waals surface area (Å²) in [5.74, 6) is 1.84. The van der Waals surface area contributed by atoms with Gasteiger partial charge in [0.15, 0.2) is 5.96 Å². The van der Waals surface area contributed by atoms with Crippen molar-refractivity contribution < 1.29 is 4.52 Å². The lowest BCUT2D eigenvalue weighted by atomic mass is 9.95. The average molecular weight is 466 g/mol. The number of guanidine groups is 1. The first-order valence-corrected chi connectivity index (χ1v) is 9.92. The van der Waals surface area contributed by atoms with Gasteiger partial charge >= 0.3 is 0 Å². The number of hydrogen-bond acceptors (Lipinski definition) is 4. The van der Waals surface area contributed by atoms with Crippen molar-refractivity contribution in [3.8, 4) is 0 Å². The smallest absolute Gasteiger partial charge is 0.191 e. The molecule has 0 radical (unpaired) electrons. The Balaban J connectivity index is 0.00000288. The monoisotopic (exact) mass is 466 g/mol. The Labute approximate surface area is 167 Å². The van der Waals surface area contributed by atoms with Crippen molar-refractivity contribution in [2.45, 2.75) is 64.2 Å². The lowest BCUT2D eigenvalue weighted by molar-refractivity contribution is 0.392. The van der Waals surface area contributed by atoms with Gasteiger partial charge in [-0.25, -0.2) is 0 Å². The van der Waals surface area contributed by atoms with Crippen LogP contribution in [0, 0.1) is 13.8 Å². The molecule has 138 valence electrons. The summed E-state index contributed by atoms with van der Waals surface area (Å²) in [6, 6.07) is 0.540. The van der Waals surface area contributed by atoms with E-state index in [0.29, 0.717) is 6.04 Å². The second kappa shape index (κ2) is 11.2. The summed E-state index contributed by atoms with van der Waals surface area (Å²) in [7, 11) is 0. The van der Waals surface area contributed by atoms with E-state index in [1.54, 1.807) is 0 Å². The largest absolute Gasteiger partial charge is 0.361 e. The quantitative estimate of drug-likeness (QED) is 0.381. The number of halogens is 1. The first kappa shape index (κ1) is 21.6. The van der Waals surface area contributed by atoms with Gasteiger partial charge in [-0.2, -0.15) is 11.8 Å². The number of hydrogen-bond donors (Lipinski definition) is 2. The van der Waals surface area contributed by atoms with Gasteiger partial charge in [0.1, 0.15) is 5.76 Å². The van der Waals surface area contributed by atoms with E-state index in [-0.39, 0.29) is 24.0 Å². The third-order valence-electron chi connectivity index (χ3n) is 4.46. The van der Waals surface area contributed by atoms with E-state index in [1.165, 1.54) is 31.2 Å². The highest BCUT2D eigenvalue weighted by molar-refractivity contribution is 14.0. The molecular weight excluding hydrogens is 435 g/mol. The molecule has 2 unspecified atom stereocenters. The molecule has 1 aromatic rings. The average Bonchev–Trinajstić information content (AvgIpc) is 2.87. The molecule has 1 aromatic heterocycles. The lowest BCUT2D eigenvalue weighted by Gasteiger charge is -2.29. The van der Waals surface area contributed by atoms with Crippen LogP contribution in [0.2, 0.25) is 0 Å². The molecule has 0 amide bonds. The molecule has 1 aliphatic carbocycles. The predicted molar refractivity (Wildman–Crippen MR) is 114 cm³/mol. The summed E-state index contributed by atoms with van der Waals surface area (Å²) < 4.78 is 5.21. The van der Waals surface area contributed by atoms with Gasteiger partial charge in [0.2, 0.25) is 0 Å². The lowest BCUT2D eigenvalue weighted by Crippen LogP contribution is -2.45. The SMILES string of the molecule is CCNC(=NCCc1c(C)noc1C)NC1CCCC(SC)C1.I. The molecule has 0 aliphatic heterocycles. The van der Waals surface area contributed by atoms with Gasteiger partial charge in [-0.15, -0.1) is 24.0 Å². The second-order valence-electron chi connectivity index (χ2n) is 6.18. The Kier molecular flexibility index (Phi) is 10.1. The number of nitrogens with zero attached hydrogens (tertiary/aromatic N) is 2. The number of aliphatic imine (C=N–C) groups is 1. The first-order chi connectivity index (χ1) is 11.1. The van der Waals surface area contributed by atoms with Crippen LogP contribution in [0.5, 0.6) is 0 Å². The zero-order valence-corrected chi connectivity index (χ0v) is 18.4. The minimum atomic E-state index is 0. The molecule has 0 saturated heterocycles. The van der Waals surface area contributed by atoms with E-state index in [9.17, 15) is 0 Å². The van der Waals surface area contributed by atoms with Crippen LogP contribution < -0.4 is 10.6 Å². The molecule has 1 heterocycles. The van der Waals surface area contributed by atoms with E-state index in [1.807, 2.05) is 25.6 Å². The van der Waals surface area contributed by atoms with Gasteiger partial charge in [0.25, 0.3) is 0 Å². The number of rotatable bonds is 6. The molecule has 1 saturated carbocycles. The first-order valence-electron chi connectivity index (χ1n) is 8.63. The molecule has 2 rings (SSSR count). The van der Waals surface area contributed by atoms with Crippen LogP contribution in [0.1, 0.15) is 49.6 Å². The number of aromatic nitrogens is 1. The van der Waals surface area contributed by atoms with Crippen molar-refractivity contribution in [2.75, 3.05) is 19.3 Å². The Bertz CT molecular complexity index is 501. The molecule has 5 nitrogen and oxygen atoms in total. The minimum Gasteiger partial charge on any atom is -0.361 e. The van der Waals surface area contributed by atoms with Crippen LogP contribution in [-0.2, 0) is 6.42 Å². The van der Waals surface area contributed by atoms with Crippen molar-refractivity contribution in [1.29, 1.82) is 0 Å². The van der Waals surface area contributed by atoms with Crippen LogP contribution in [0.15, 0.2) is 9.52 Å². The van der Waals surface area contributed by atoms with Gasteiger partial charge in [0, 0.05) is 29.9 Å². The van der Waals surface area contributed by atoms with Crippen LogP contribution in [0.25, 0.3) is 0 Å². The summed E-state index contributed by atoms with van der Waals surface area (Å²) >= 11 is 1.99. The fourth-order valence-corrected chi connectivity index (χ4v) is 3.97. The summed E-state index contributed by atoms with van der Waals surface area (Å²) in [4.78, 5) is 4.73. The van der Waals surface area contributed by atoms with E-state index in [2.05, 4.69) is 29.0 Å². The van der Waals surface area contributed by atoms with E-state index in [4.69, 9.17) is 9.52 Å². The van der Waals surface area contributed by atoms with Gasteiger partial charge in [-0.05, 0) is 52.7 Å². The van der Waals surface area contributed by atoms with Crippen molar-refractivity contribution in [3.63, 3.8) is 0 Å². The zero-order chi connectivity index (χ0) is 16.7. The highest BCUT2D eigenvalue weighted by atomic mass is 127. The molecule has 0 bridgehead atoms. The predicted octanol–water partition coefficient (Wildman–Crippen LogP) is 3.68. The third-order valence-corrected chi connectivity index (χ3v) is 5.55. The molecule has 7 heteroatoms. The maximum atomic E-state index is 5.21. The highest BCUT2D eigenvalue weighted by Gasteiger charge is 2.21. The van der Waals surface area contributed by atoms with Gasteiger partial charge in [-0.3, -0.25) is 4.99 Å². The zero-order valence-electron chi connectivity index (χ0n) is 15.2. The second-order valence-corrected chi connectivity index (χ2v) is 7.32. The molecular formula is C17H31IN4OS. The van der Waals surface area contributed by atoms with Crippen molar-refractivity contribution in [3.05, 3.63) is 17.0 Å². The Morgan fingerprint density at radius 2 is 2.17 bits per heavy atom. The number of aryl methyl sites for hydroxylation is 2. The summed E-state index contributed by atoms with van der Waals surface area (Å²) in [5.41, 5.74) is 2.16. The van der Waals surface area contributed by atoms with Gasteiger partial charge < -0.3 is 15.2 Å². The standard InChI is InChI=1S/C17H30N4OS.HI/c1-5-18-17(20-14-7-6-8-15(11-14)23-4)19-10-9-16-12(2)21-22-13(16)3;/h14-15H,5-11H2,1-4H3,(H2,18,19,20);1H. The van der Waals surface area contributed by atoms with Crippen molar-refractivity contribution >= 4 is 41.7 Å². The maximum Gasteiger partial charge on any atom is 0.191 e. The number of thioether (sulfide) groups is 1. The Morgan fingerprint density at radius 1 is 1.38 bits per heavy atom. The van der Waals surface area contributed by atoms with Crippen LogP contribution in [0.4, 0.5) is 0 Å². The van der Waals surface area contributed by atoms with Crippen LogP contribution in [0.3, 0.4) is 0 Å². The third kappa shape index (κ3) is 6.46. The van der Waals surface area contributed by atoms with Crippen LogP contribution >= 0.6 is 35.7 Å². The van der Waals surface area contributed by atoms with Crippen molar-refractivity contribution in [1.82, 2.24) is 15.8 Å². The fourth-order valence-electron chi connectivity index (χ4n) is 3.14. The van der Waals surface area contributed by atoms with Crippen LogP contribution in [-0.4, -0.2) is 41.8 Å². The molecule has 0 aromatic carbocycles. The molecule has 0 spiro atoms.